The van der Waals surface area contributed by atoms with Gasteiger partial charge in [-0.2, -0.15) is 0 Å². The van der Waals surface area contributed by atoms with Crippen LogP contribution in [0.3, 0.4) is 0 Å². The Morgan fingerprint density at radius 2 is 1.81 bits per heavy atom. The van der Waals surface area contributed by atoms with Crippen LogP contribution < -0.4 is 10.2 Å². The van der Waals surface area contributed by atoms with E-state index in [0.717, 1.165) is 16.4 Å². The summed E-state index contributed by atoms with van der Waals surface area (Å²) in [6, 6.07) is 1.93. The van der Waals surface area contributed by atoms with Gasteiger partial charge in [-0.05, 0) is 27.7 Å². The lowest BCUT2D eigenvalue weighted by Crippen LogP contribution is -2.41. The third-order valence-corrected chi connectivity index (χ3v) is 4.60. The number of hydrogen-bond donors (Lipinski definition) is 0. The molecular formula is C15H21BN2O3. The molecule has 1 saturated heterocycles. The first kappa shape index (κ1) is 14.4. The monoisotopic (exact) mass is 288 g/mol. The van der Waals surface area contributed by atoms with Gasteiger partial charge in [0.05, 0.1) is 30.0 Å². The van der Waals surface area contributed by atoms with E-state index in [2.05, 4.69) is 32.7 Å². The van der Waals surface area contributed by atoms with E-state index in [1.54, 1.807) is 7.11 Å². The third kappa shape index (κ3) is 2.13. The summed E-state index contributed by atoms with van der Waals surface area (Å²) in [5, 5.41) is 1.04. The first-order chi connectivity index (χ1) is 9.75. The van der Waals surface area contributed by atoms with Gasteiger partial charge in [-0.1, -0.05) is 0 Å². The van der Waals surface area contributed by atoms with E-state index in [1.165, 1.54) is 0 Å². The fraction of sp³-hybridized carbons (Fsp3) is 0.533. The van der Waals surface area contributed by atoms with E-state index in [0.29, 0.717) is 5.88 Å². The Hall–Kier alpha value is -1.53. The fourth-order valence-corrected chi connectivity index (χ4v) is 2.56. The lowest BCUT2D eigenvalue weighted by atomic mass is 9.79. The molecule has 6 heteroatoms. The van der Waals surface area contributed by atoms with Crippen molar-refractivity contribution >= 4 is 23.5 Å². The molecule has 3 heterocycles. The van der Waals surface area contributed by atoms with Gasteiger partial charge in [0, 0.05) is 30.2 Å². The molecule has 0 amide bonds. The largest absolute Gasteiger partial charge is 0.497 e. The highest BCUT2D eigenvalue weighted by Gasteiger charge is 2.52. The van der Waals surface area contributed by atoms with E-state index in [9.17, 15) is 0 Å². The molecule has 0 N–H and O–H groups in total. The molecule has 0 radical (unpaired) electrons. The van der Waals surface area contributed by atoms with Gasteiger partial charge in [0.15, 0.2) is 0 Å². The molecule has 21 heavy (non-hydrogen) atoms. The van der Waals surface area contributed by atoms with Crippen LogP contribution in [0.2, 0.25) is 0 Å². The highest BCUT2D eigenvalue weighted by atomic mass is 16.7. The number of pyridine rings is 1. The Kier molecular flexibility index (Phi) is 3.08. The fourth-order valence-electron chi connectivity index (χ4n) is 2.56. The maximum absolute atomic E-state index is 6.15. The summed E-state index contributed by atoms with van der Waals surface area (Å²) in [4.78, 5) is 4.26. The van der Waals surface area contributed by atoms with Gasteiger partial charge < -0.3 is 18.6 Å². The summed E-state index contributed by atoms with van der Waals surface area (Å²) < 4.78 is 19.6. The molecule has 0 unspecified atom stereocenters. The SMILES string of the molecule is COc1cc2c(B3OC(C)(C)C(C)(C)O3)cn(C)c2cn1. The summed E-state index contributed by atoms with van der Waals surface area (Å²) in [5.41, 5.74) is 1.33. The quantitative estimate of drug-likeness (QED) is 0.792. The van der Waals surface area contributed by atoms with Crippen LogP contribution in [0.5, 0.6) is 5.88 Å². The van der Waals surface area contributed by atoms with Gasteiger partial charge in [-0.15, -0.1) is 0 Å². The minimum atomic E-state index is -0.384. The van der Waals surface area contributed by atoms with Gasteiger partial charge in [-0.3, -0.25) is 0 Å². The zero-order valence-electron chi connectivity index (χ0n) is 13.4. The lowest BCUT2D eigenvalue weighted by molar-refractivity contribution is 0.00578. The topological polar surface area (TPSA) is 45.5 Å². The van der Waals surface area contributed by atoms with Crippen molar-refractivity contribution < 1.29 is 14.0 Å². The average molecular weight is 288 g/mol. The Balaban J connectivity index is 2.09. The van der Waals surface area contributed by atoms with Crippen molar-refractivity contribution in [2.75, 3.05) is 7.11 Å². The molecule has 1 aliphatic rings. The molecular weight excluding hydrogens is 267 g/mol. The molecule has 0 bridgehead atoms. The van der Waals surface area contributed by atoms with Crippen LogP contribution in [0.4, 0.5) is 0 Å². The summed E-state index contributed by atoms with van der Waals surface area (Å²) in [7, 11) is 3.22. The molecule has 1 aliphatic heterocycles. The van der Waals surface area contributed by atoms with Crippen molar-refractivity contribution in [2.24, 2.45) is 7.05 Å². The van der Waals surface area contributed by atoms with Crippen LogP contribution in [0.25, 0.3) is 10.9 Å². The zero-order chi connectivity index (χ0) is 15.4. The maximum Gasteiger partial charge on any atom is 0.497 e. The van der Waals surface area contributed by atoms with E-state index in [1.807, 2.05) is 30.1 Å². The van der Waals surface area contributed by atoms with Gasteiger partial charge in [-0.25, -0.2) is 4.98 Å². The predicted octanol–water partition coefficient (Wildman–Crippen LogP) is 1.88. The van der Waals surface area contributed by atoms with Crippen molar-refractivity contribution in [3.05, 3.63) is 18.5 Å². The van der Waals surface area contributed by atoms with Crippen LogP contribution in [0, 0.1) is 0 Å². The minimum Gasteiger partial charge on any atom is -0.481 e. The number of ether oxygens (including phenoxy) is 1. The molecule has 0 saturated carbocycles. The highest BCUT2D eigenvalue weighted by molar-refractivity contribution is 6.65. The van der Waals surface area contributed by atoms with Crippen molar-refractivity contribution in [3.63, 3.8) is 0 Å². The minimum absolute atomic E-state index is 0.350. The van der Waals surface area contributed by atoms with Gasteiger partial charge in [0.1, 0.15) is 0 Å². The number of aromatic nitrogens is 2. The van der Waals surface area contributed by atoms with Crippen LogP contribution in [-0.4, -0.2) is 35.0 Å². The Morgan fingerprint density at radius 1 is 1.19 bits per heavy atom. The summed E-state index contributed by atoms with van der Waals surface area (Å²) in [5.74, 6) is 0.589. The number of nitrogens with zero attached hydrogens (tertiary/aromatic N) is 2. The zero-order valence-corrected chi connectivity index (χ0v) is 13.4. The number of hydrogen-bond acceptors (Lipinski definition) is 4. The van der Waals surface area contributed by atoms with E-state index >= 15 is 0 Å². The molecule has 0 atom stereocenters. The second kappa shape index (κ2) is 4.48. The van der Waals surface area contributed by atoms with E-state index < -0.39 is 0 Å². The first-order valence-corrected chi connectivity index (χ1v) is 7.10. The lowest BCUT2D eigenvalue weighted by Gasteiger charge is -2.32. The molecule has 5 nitrogen and oxygen atoms in total. The number of methoxy groups -OCH3 is 1. The van der Waals surface area contributed by atoms with Gasteiger partial charge >= 0.3 is 7.12 Å². The van der Waals surface area contributed by atoms with Crippen LogP contribution in [0.1, 0.15) is 27.7 Å². The van der Waals surface area contributed by atoms with Gasteiger partial charge in [0.2, 0.25) is 5.88 Å². The molecule has 1 fully saturated rings. The second-order valence-electron chi connectivity index (χ2n) is 6.53. The number of rotatable bonds is 2. The van der Waals surface area contributed by atoms with Crippen LogP contribution in [0.15, 0.2) is 18.5 Å². The molecule has 0 aromatic carbocycles. The van der Waals surface area contributed by atoms with E-state index in [4.69, 9.17) is 14.0 Å². The van der Waals surface area contributed by atoms with E-state index in [-0.39, 0.29) is 18.3 Å². The van der Waals surface area contributed by atoms with Crippen molar-refractivity contribution in [1.29, 1.82) is 0 Å². The van der Waals surface area contributed by atoms with Crippen molar-refractivity contribution in [2.45, 2.75) is 38.9 Å². The standard InChI is InChI=1S/C15H21BN2O3/c1-14(2)15(3,4)21-16(20-14)11-9-18(5)12-8-17-13(19-6)7-10(11)12/h7-9H,1-6H3. The summed E-state index contributed by atoms with van der Waals surface area (Å²) >= 11 is 0. The molecule has 0 aliphatic carbocycles. The normalized spacial score (nSPS) is 20.2. The number of aryl methyl sites for hydroxylation is 1. The smallest absolute Gasteiger partial charge is 0.481 e. The van der Waals surface area contributed by atoms with Crippen molar-refractivity contribution in [3.8, 4) is 5.88 Å². The van der Waals surface area contributed by atoms with Crippen LogP contribution in [-0.2, 0) is 16.4 Å². The summed E-state index contributed by atoms with van der Waals surface area (Å²) in [6.07, 6.45) is 3.84. The molecule has 3 rings (SSSR count). The van der Waals surface area contributed by atoms with Crippen LogP contribution >= 0.6 is 0 Å². The molecule has 0 spiro atoms. The molecule has 2 aromatic rings. The number of fused-ring (bicyclic) bond motifs is 1. The van der Waals surface area contributed by atoms with Gasteiger partial charge in [0.25, 0.3) is 0 Å². The van der Waals surface area contributed by atoms with Crippen molar-refractivity contribution in [1.82, 2.24) is 9.55 Å². The highest BCUT2D eigenvalue weighted by Crippen LogP contribution is 2.37. The Bertz CT molecular complexity index is 678. The first-order valence-electron chi connectivity index (χ1n) is 7.10. The molecule has 112 valence electrons. The Morgan fingerprint density at radius 3 is 2.38 bits per heavy atom. The average Bonchev–Trinajstić information content (AvgIpc) is 2.84. The predicted molar refractivity (Wildman–Crippen MR) is 83.0 cm³/mol. The third-order valence-electron chi connectivity index (χ3n) is 4.60. The maximum atomic E-state index is 6.15. The summed E-state index contributed by atoms with van der Waals surface area (Å²) in [6.45, 7) is 8.22. The Labute approximate surface area is 125 Å². The second-order valence-corrected chi connectivity index (χ2v) is 6.53. The molecule has 2 aromatic heterocycles.